The molecule has 0 aromatic heterocycles. The van der Waals surface area contributed by atoms with Gasteiger partial charge in [-0.2, -0.15) is 0 Å². The Bertz CT molecular complexity index is 310. The van der Waals surface area contributed by atoms with Crippen molar-refractivity contribution in [3.63, 3.8) is 0 Å². The molecule has 1 atom stereocenters. The Morgan fingerprint density at radius 2 is 1.63 bits per heavy atom. The SMILES string of the molecule is CC(C)N(C(=O)OC(C)(C)C)C(CC=O)C(C)(C)C. The van der Waals surface area contributed by atoms with Crippen molar-refractivity contribution in [2.24, 2.45) is 5.41 Å². The van der Waals surface area contributed by atoms with Gasteiger partial charge in [0.1, 0.15) is 11.9 Å². The van der Waals surface area contributed by atoms with Crippen molar-refractivity contribution < 1.29 is 14.3 Å². The molecule has 0 aliphatic rings. The van der Waals surface area contributed by atoms with Gasteiger partial charge in [-0.25, -0.2) is 4.79 Å². The number of aldehydes is 1. The van der Waals surface area contributed by atoms with E-state index in [0.717, 1.165) is 6.29 Å². The third-order valence-electron chi connectivity index (χ3n) is 2.82. The molecule has 4 heteroatoms. The van der Waals surface area contributed by atoms with Crippen LogP contribution in [0.25, 0.3) is 0 Å². The highest BCUT2D eigenvalue weighted by molar-refractivity contribution is 5.69. The normalized spacial score (nSPS) is 14.2. The lowest BCUT2D eigenvalue weighted by molar-refractivity contribution is -0.110. The van der Waals surface area contributed by atoms with Crippen molar-refractivity contribution in [1.29, 1.82) is 0 Å². The standard InChI is InChI=1S/C15H29NO3/c1-11(2)16(13(18)19-15(6,7)8)12(9-10-17)14(3,4)5/h10-12H,9H2,1-8H3. The molecule has 1 unspecified atom stereocenters. The molecule has 0 spiro atoms. The molecule has 0 bridgehead atoms. The third-order valence-corrected chi connectivity index (χ3v) is 2.82. The fourth-order valence-electron chi connectivity index (χ4n) is 1.99. The summed E-state index contributed by atoms with van der Waals surface area (Å²) in [5.74, 6) is 0. The maximum absolute atomic E-state index is 12.4. The second-order valence-electron chi connectivity index (χ2n) is 7.27. The summed E-state index contributed by atoms with van der Waals surface area (Å²) in [4.78, 5) is 24.9. The number of amides is 1. The van der Waals surface area contributed by atoms with E-state index in [9.17, 15) is 9.59 Å². The maximum Gasteiger partial charge on any atom is 0.410 e. The first-order chi connectivity index (χ1) is 8.40. The van der Waals surface area contributed by atoms with E-state index in [0.29, 0.717) is 6.42 Å². The summed E-state index contributed by atoms with van der Waals surface area (Å²) in [6.07, 6.45) is 0.834. The number of hydrogen-bond donors (Lipinski definition) is 0. The molecule has 0 fully saturated rings. The largest absolute Gasteiger partial charge is 0.444 e. The van der Waals surface area contributed by atoms with E-state index >= 15 is 0 Å². The van der Waals surface area contributed by atoms with Crippen LogP contribution in [0.2, 0.25) is 0 Å². The van der Waals surface area contributed by atoms with E-state index in [1.54, 1.807) is 4.90 Å². The summed E-state index contributed by atoms with van der Waals surface area (Å²) in [5, 5.41) is 0. The average Bonchev–Trinajstić information content (AvgIpc) is 2.11. The number of carbonyl (C=O) groups excluding carboxylic acids is 2. The zero-order chi connectivity index (χ0) is 15.4. The highest BCUT2D eigenvalue weighted by Gasteiger charge is 2.36. The fourth-order valence-corrected chi connectivity index (χ4v) is 1.99. The minimum absolute atomic E-state index is 0.0148. The Kier molecular flexibility index (Phi) is 6.04. The van der Waals surface area contributed by atoms with Crippen LogP contribution in [-0.2, 0) is 9.53 Å². The summed E-state index contributed by atoms with van der Waals surface area (Å²) in [5.41, 5.74) is -0.712. The van der Waals surface area contributed by atoms with Gasteiger partial charge in [0.25, 0.3) is 0 Å². The Balaban J connectivity index is 5.27. The molecular formula is C15H29NO3. The van der Waals surface area contributed by atoms with Crippen LogP contribution in [0.1, 0.15) is 61.8 Å². The number of nitrogens with zero attached hydrogens (tertiary/aromatic N) is 1. The molecule has 0 radical (unpaired) electrons. The van der Waals surface area contributed by atoms with Gasteiger partial charge in [0, 0.05) is 18.5 Å². The number of carbonyl (C=O) groups is 2. The molecule has 0 N–H and O–H groups in total. The molecule has 0 aliphatic carbocycles. The zero-order valence-corrected chi connectivity index (χ0v) is 13.6. The predicted octanol–water partition coefficient (Wildman–Crippen LogP) is 3.64. The van der Waals surface area contributed by atoms with Gasteiger partial charge in [0.05, 0.1) is 0 Å². The monoisotopic (exact) mass is 271 g/mol. The summed E-state index contributed by atoms with van der Waals surface area (Å²) >= 11 is 0. The first-order valence-electron chi connectivity index (χ1n) is 6.85. The van der Waals surface area contributed by atoms with Crippen LogP contribution in [0.15, 0.2) is 0 Å². The van der Waals surface area contributed by atoms with Crippen molar-refractivity contribution in [3.05, 3.63) is 0 Å². The van der Waals surface area contributed by atoms with Gasteiger partial charge in [0.2, 0.25) is 0 Å². The van der Waals surface area contributed by atoms with Crippen molar-refractivity contribution in [2.75, 3.05) is 0 Å². The molecule has 0 aromatic carbocycles. The minimum Gasteiger partial charge on any atom is -0.444 e. The van der Waals surface area contributed by atoms with Crippen molar-refractivity contribution in [3.8, 4) is 0 Å². The van der Waals surface area contributed by atoms with Crippen LogP contribution in [0.4, 0.5) is 4.79 Å². The molecule has 0 aromatic rings. The minimum atomic E-state index is -0.534. The third kappa shape index (κ3) is 6.08. The summed E-state index contributed by atoms with van der Waals surface area (Å²) in [6, 6.07) is -0.182. The first-order valence-corrected chi connectivity index (χ1v) is 6.85. The molecular weight excluding hydrogens is 242 g/mol. The van der Waals surface area contributed by atoms with E-state index in [4.69, 9.17) is 4.74 Å². The number of rotatable bonds is 4. The number of hydrogen-bond acceptors (Lipinski definition) is 3. The van der Waals surface area contributed by atoms with Crippen molar-refractivity contribution >= 4 is 12.4 Å². The second-order valence-corrected chi connectivity index (χ2v) is 7.27. The van der Waals surface area contributed by atoms with E-state index in [1.165, 1.54) is 0 Å². The quantitative estimate of drug-likeness (QED) is 0.733. The van der Waals surface area contributed by atoms with Gasteiger partial charge in [-0.05, 0) is 40.0 Å². The smallest absolute Gasteiger partial charge is 0.410 e. The molecule has 112 valence electrons. The van der Waals surface area contributed by atoms with Gasteiger partial charge in [-0.15, -0.1) is 0 Å². The lowest BCUT2D eigenvalue weighted by atomic mass is 9.83. The van der Waals surface area contributed by atoms with Gasteiger partial charge < -0.3 is 14.4 Å². The van der Waals surface area contributed by atoms with Crippen LogP contribution >= 0.6 is 0 Å². The predicted molar refractivity (Wildman–Crippen MR) is 77.1 cm³/mol. The van der Waals surface area contributed by atoms with E-state index in [-0.39, 0.29) is 23.6 Å². The van der Waals surface area contributed by atoms with Crippen LogP contribution in [0, 0.1) is 5.41 Å². The van der Waals surface area contributed by atoms with Gasteiger partial charge >= 0.3 is 6.09 Å². The molecule has 0 saturated heterocycles. The van der Waals surface area contributed by atoms with Crippen molar-refractivity contribution in [1.82, 2.24) is 4.90 Å². The highest BCUT2D eigenvalue weighted by atomic mass is 16.6. The Hall–Kier alpha value is -1.06. The molecule has 0 aliphatic heterocycles. The molecule has 19 heavy (non-hydrogen) atoms. The first kappa shape index (κ1) is 17.9. The van der Waals surface area contributed by atoms with Crippen molar-refractivity contribution in [2.45, 2.75) is 79.5 Å². The van der Waals surface area contributed by atoms with Crippen LogP contribution < -0.4 is 0 Å². The lowest BCUT2D eigenvalue weighted by Crippen LogP contribution is -2.52. The van der Waals surface area contributed by atoms with Crippen LogP contribution in [-0.4, -0.2) is 35.0 Å². The second kappa shape index (κ2) is 6.40. The topological polar surface area (TPSA) is 46.6 Å². The zero-order valence-electron chi connectivity index (χ0n) is 13.6. The Morgan fingerprint density at radius 1 is 1.16 bits per heavy atom. The summed E-state index contributed by atoms with van der Waals surface area (Å²) < 4.78 is 5.45. The van der Waals surface area contributed by atoms with E-state index < -0.39 is 5.60 Å². The maximum atomic E-state index is 12.4. The molecule has 4 nitrogen and oxygen atoms in total. The molecule has 0 saturated carbocycles. The van der Waals surface area contributed by atoms with Gasteiger partial charge in [-0.3, -0.25) is 0 Å². The van der Waals surface area contributed by atoms with Gasteiger partial charge in [-0.1, -0.05) is 20.8 Å². The fraction of sp³-hybridized carbons (Fsp3) is 0.867. The summed E-state index contributed by atoms with van der Waals surface area (Å²) in [6.45, 7) is 15.5. The van der Waals surface area contributed by atoms with Gasteiger partial charge in [0.15, 0.2) is 0 Å². The van der Waals surface area contributed by atoms with Crippen LogP contribution in [0.3, 0.4) is 0 Å². The molecule has 0 rings (SSSR count). The highest BCUT2D eigenvalue weighted by Crippen LogP contribution is 2.29. The molecule has 1 amide bonds. The van der Waals surface area contributed by atoms with E-state index in [1.807, 2.05) is 55.4 Å². The molecule has 0 heterocycles. The number of ether oxygens (including phenoxy) is 1. The lowest BCUT2D eigenvalue weighted by Gasteiger charge is -2.42. The van der Waals surface area contributed by atoms with E-state index in [2.05, 4.69) is 0 Å². The summed E-state index contributed by atoms with van der Waals surface area (Å²) in [7, 11) is 0. The Morgan fingerprint density at radius 3 is 1.89 bits per heavy atom. The average molecular weight is 271 g/mol. The van der Waals surface area contributed by atoms with Crippen LogP contribution in [0.5, 0.6) is 0 Å². The Labute approximate surface area is 117 Å².